The lowest BCUT2D eigenvalue weighted by Gasteiger charge is -2.26. The number of hydrogen-bond acceptors (Lipinski definition) is 2. The summed E-state index contributed by atoms with van der Waals surface area (Å²) in [5, 5.41) is 11.4. The summed E-state index contributed by atoms with van der Waals surface area (Å²) in [6, 6.07) is 4.97. The predicted octanol–water partition coefficient (Wildman–Crippen LogP) is 1.26. The lowest BCUT2D eigenvalue weighted by Crippen LogP contribution is -2.48. The van der Waals surface area contributed by atoms with Crippen molar-refractivity contribution in [1.29, 1.82) is 0 Å². The fourth-order valence-electron chi connectivity index (χ4n) is 1.38. The zero-order chi connectivity index (χ0) is 12.3. The standard InChI is InChI=1S/C11H12FNO3/c1-7(14)13-11(2,10(15)16)8-3-5-9(12)6-4-8/h3-6H,1-2H3,(H,13,14)(H,15,16). The van der Waals surface area contributed by atoms with E-state index >= 15 is 0 Å². The highest BCUT2D eigenvalue weighted by Gasteiger charge is 2.35. The number of carboxylic acids is 1. The second-order valence-electron chi connectivity index (χ2n) is 3.62. The summed E-state index contributed by atoms with van der Waals surface area (Å²) < 4.78 is 12.7. The largest absolute Gasteiger partial charge is 0.479 e. The van der Waals surface area contributed by atoms with Crippen molar-refractivity contribution >= 4 is 11.9 Å². The van der Waals surface area contributed by atoms with Gasteiger partial charge < -0.3 is 10.4 Å². The summed E-state index contributed by atoms with van der Waals surface area (Å²) in [6.45, 7) is 2.58. The van der Waals surface area contributed by atoms with Crippen molar-refractivity contribution in [2.45, 2.75) is 19.4 Å². The number of carboxylic acid groups (broad SMARTS) is 1. The summed E-state index contributed by atoms with van der Waals surface area (Å²) in [7, 11) is 0. The van der Waals surface area contributed by atoms with Crippen molar-refractivity contribution in [2.75, 3.05) is 0 Å². The third kappa shape index (κ3) is 2.36. The molecule has 2 N–H and O–H groups in total. The van der Waals surface area contributed by atoms with Crippen molar-refractivity contribution in [3.63, 3.8) is 0 Å². The molecule has 0 aliphatic heterocycles. The number of aliphatic carboxylic acids is 1. The molecule has 16 heavy (non-hydrogen) atoms. The molecule has 1 amide bonds. The van der Waals surface area contributed by atoms with Gasteiger partial charge in [0.15, 0.2) is 5.54 Å². The van der Waals surface area contributed by atoms with E-state index < -0.39 is 23.2 Å². The van der Waals surface area contributed by atoms with Crippen LogP contribution in [-0.2, 0) is 15.1 Å². The van der Waals surface area contributed by atoms with E-state index in [9.17, 15) is 14.0 Å². The van der Waals surface area contributed by atoms with Gasteiger partial charge in [0.25, 0.3) is 0 Å². The van der Waals surface area contributed by atoms with Gasteiger partial charge in [-0.15, -0.1) is 0 Å². The molecule has 4 nitrogen and oxygen atoms in total. The quantitative estimate of drug-likeness (QED) is 0.813. The molecule has 86 valence electrons. The summed E-state index contributed by atoms with van der Waals surface area (Å²) in [5.74, 6) is -2.12. The molecule has 5 heteroatoms. The fraction of sp³-hybridized carbons (Fsp3) is 0.273. The van der Waals surface area contributed by atoms with E-state index in [1.54, 1.807) is 0 Å². The number of carbonyl (C=O) groups excluding carboxylic acids is 1. The van der Waals surface area contributed by atoms with Crippen LogP contribution in [0.5, 0.6) is 0 Å². The predicted molar refractivity (Wildman–Crippen MR) is 55.2 cm³/mol. The van der Waals surface area contributed by atoms with Gasteiger partial charge in [-0.1, -0.05) is 12.1 Å². The van der Waals surface area contributed by atoms with Crippen molar-refractivity contribution in [3.8, 4) is 0 Å². The lowest BCUT2D eigenvalue weighted by molar-refractivity contribution is -0.147. The molecule has 0 saturated carbocycles. The van der Waals surface area contributed by atoms with Gasteiger partial charge in [0.05, 0.1) is 0 Å². The highest BCUT2D eigenvalue weighted by atomic mass is 19.1. The second kappa shape index (κ2) is 4.30. The average molecular weight is 225 g/mol. The van der Waals surface area contributed by atoms with E-state index in [-0.39, 0.29) is 0 Å². The SMILES string of the molecule is CC(=O)NC(C)(C(=O)O)c1ccc(F)cc1. The van der Waals surface area contributed by atoms with Gasteiger partial charge in [-0.25, -0.2) is 9.18 Å². The molecule has 0 fully saturated rings. The van der Waals surface area contributed by atoms with Crippen molar-refractivity contribution in [2.24, 2.45) is 0 Å². The maximum Gasteiger partial charge on any atom is 0.333 e. The van der Waals surface area contributed by atoms with E-state index in [0.29, 0.717) is 5.56 Å². The van der Waals surface area contributed by atoms with Crippen molar-refractivity contribution in [3.05, 3.63) is 35.6 Å². The number of nitrogens with one attached hydrogen (secondary N) is 1. The summed E-state index contributed by atoms with van der Waals surface area (Å²) in [4.78, 5) is 22.1. The Balaban J connectivity index is 3.16. The van der Waals surface area contributed by atoms with Gasteiger partial charge in [0.2, 0.25) is 5.91 Å². The minimum atomic E-state index is -1.54. The van der Waals surface area contributed by atoms with Crippen molar-refractivity contribution < 1.29 is 19.1 Å². The van der Waals surface area contributed by atoms with Gasteiger partial charge >= 0.3 is 5.97 Å². The van der Waals surface area contributed by atoms with E-state index in [4.69, 9.17) is 5.11 Å². The molecular weight excluding hydrogens is 213 g/mol. The Morgan fingerprint density at radius 2 is 1.81 bits per heavy atom. The van der Waals surface area contributed by atoms with Gasteiger partial charge in [-0.3, -0.25) is 4.79 Å². The molecule has 0 bridgehead atoms. The molecular formula is C11H12FNO3. The monoisotopic (exact) mass is 225 g/mol. The van der Waals surface area contributed by atoms with Crippen LogP contribution in [0.4, 0.5) is 4.39 Å². The van der Waals surface area contributed by atoms with Crippen molar-refractivity contribution in [1.82, 2.24) is 5.32 Å². The zero-order valence-electron chi connectivity index (χ0n) is 8.95. The highest BCUT2D eigenvalue weighted by molar-refractivity contribution is 5.86. The summed E-state index contributed by atoms with van der Waals surface area (Å²) in [5.41, 5.74) is -1.23. The van der Waals surface area contributed by atoms with E-state index in [2.05, 4.69) is 5.32 Å². The van der Waals surface area contributed by atoms with E-state index in [1.165, 1.54) is 26.0 Å². The Morgan fingerprint density at radius 3 is 2.19 bits per heavy atom. The van der Waals surface area contributed by atoms with Gasteiger partial charge in [-0.05, 0) is 24.6 Å². The van der Waals surface area contributed by atoms with Gasteiger partial charge in [0, 0.05) is 6.92 Å². The lowest BCUT2D eigenvalue weighted by atomic mass is 9.92. The molecule has 0 aliphatic rings. The van der Waals surface area contributed by atoms with Crippen LogP contribution in [0.1, 0.15) is 19.4 Å². The van der Waals surface area contributed by atoms with Crippen LogP contribution in [0.3, 0.4) is 0 Å². The Morgan fingerprint density at radius 1 is 1.31 bits per heavy atom. The molecule has 1 atom stereocenters. The van der Waals surface area contributed by atoms with E-state index in [0.717, 1.165) is 12.1 Å². The molecule has 0 saturated heterocycles. The zero-order valence-corrected chi connectivity index (χ0v) is 8.95. The third-order valence-electron chi connectivity index (χ3n) is 2.28. The van der Waals surface area contributed by atoms with Crippen LogP contribution >= 0.6 is 0 Å². The van der Waals surface area contributed by atoms with Gasteiger partial charge in [0.1, 0.15) is 5.82 Å². The van der Waals surface area contributed by atoms with Gasteiger partial charge in [-0.2, -0.15) is 0 Å². The molecule has 0 aromatic heterocycles. The maximum atomic E-state index is 12.7. The van der Waals surface area contributed by atoms with Crippen LogP contribution in [0.25, 0.3) is 0 Å². The Hall–Kier alpha value is -1.91. The Bertz CT molecular complexity index is 416. The molecule has 1 unspecified atom stereocenters. The van der Waals surface area contributed by atoms with E-state index in [1.807, 2.05) is 0 Å². The number of carbonyl (C=O) groups is 2. The molecule has 0 aliphatic carbocycles. The summed E-state index contributed by atoms with van der Waals surface area (Å²) in [6.07, 6.45) is 0. The first-order valence-electron chi connectivity index (χ1n) is 4.64. The van der Waals surface area contributed by atoms with Crippen LogP contribution in [0.15, 0.2) is 24.3 Å². The topological polar surface area (TPSA) is 66.4 Å². The highest BCUT2D eigenvalue weighted by Crippen LogP contribution is 2.21. The molecule has 0 radical (unpaired) electrons. The molecule has 1 rings (SSSR count). The van der Waals surface area contributed by atoms with Crippen LogP contribution < -0.4 is 5.32 Å². The number of rotatable bonds is 3. The molecule has 0 spiro atoms. The number of benzene rings is 1. The first-order chi connectivity index (χ1) is 7.36. The first kappa shape index (κ1) is 12.2. The summed E-state index contributed by atoms with van der Waals surface area (Å²) >= 11 is 0. The van der Waals surface area contributed by atoms with Crippen LogP contribution in [0.2, 0.25) is 0 Å². The average Bonchev–Trinajstić information content (AvgIpc) is 2.17. The fourth-order valence-corrected chi connectivity index (χ4v) is 1.38. The maximum absolute atomic E-state index is 12.7. The van der Waals surface area contributed by atoms with Crippen LogP contribution in [0, 0.1) is 5.82 Å². The number of hydrogen-bond donors (Lipinski definition) is 2. The molecule has 0 heterocycles. The smallest absolute Gasteiger partial charge is 0.333 e. The molecule has 1 aromatic carbocycles. The van der Waals surface area contributed by atoms with Crippen LogP contribution in [-0.4, -0.2) is 17.0 Å². The Labute approximate surface area is 92.1 Å². The minimum Gasteiger partial charge on any atom is -0.479 e. The normalized spacial score (nSPS) is 13.9. The molecule has 1 aromatic rings. The third-order valence-corrected chi connectivity index (χ3v) is 2.28. The minimum absolute atomic E-state index is 0.316. The number of amides is 1. The Kier molecular flexibility index (Phi) is 3.27. The second-order valence-corrected chi connectivity index (χ2v) is 3.62. The first-order valence-corrected chi connectivity index (χ1v) is 4.64. The number of halogens is 1.